The highest BCUT2D eigenvalue weighted by Gasteiger charge is 2.15. The Kier molecular flexibility index (Phi) is 9.88. The topological polar surface area (TPSA) is 38.7 Å². The molecule has 0 bridgehead atoms. The van der Waals surface area contributed by atoms with Gasteiger partial charge in [-0.2, -0.15) is 0 Å². The summed E-state index contributed by atoms with van der Waals surface area (Å²) in [4.78, 5) is 13.9. The van der Waals surface area contributed by atoms with Gasteiger partial charge in [0.25, 0.3) is 0 Å². The molecule has 0 N–H and O–H groups in total. The molecule has 0 amide bonds. The Bertz CT molecular complexity index is 2610. The van der Waals surface area contributed by atoms with Gasteiger partial charge in [0.1, 0.15) is 0 Å². The number of benzene rings is 6. The van der Waals surface area contributed by atoms with Crippen LogP contribution in [0.2, 0.25) is 0 Å². The van der Waals surface area contributed by atoms with Crippen molar-refractivity contribution in [2.24, 2.45) is 0 Å². The summed E-state index contributed by atoms with van der Waals surface area (Å²) in [6.45, 7) is 0. The third-order valence-electron chi connectivity index (χ3n) is 10.5. The molecular weight excluding hydrogens is 679 g/mol. The van der Waals surface area contributed by atoms with Crippen LogP contribution in [0.3, 0.4) is 0 Å². The molecule has 3 heterocycles. The molecule has 0 atom stereocenters. The Morgan fingerprint density at radius 1 is 0.304 bits per heavy atom. The second-order valence-electron chi connectivity index (χ2n) is 14.0. The van der Waals surface area contributed by atoms with Gasteiger partial charge in [-0.05, 0) is 104 Å². The van der Waals surface area contributed by atoms with Crippen LogP contribution in [0.25, 0.3) is 78.0 Å². The molecule has 266 valence electrons. The maximum Gasteiger partial charge on any atom is 0.0708 e. The van der Waals surface area contributed by atoms with E-state index >= 15 is 0 Å². The minimum Gasteiger partial charge on any atom is -0.264 e. The molecule has 0 spiro atoms. The summed E-state index contributed by atoms with van der Waals surface area (Å²) in [6.07, 6.45) is 11.3. The van der Waals surface area contributed by atoms with Crippen LogP contribution in [0.15, 0.2) is 213 Å². The van der Waals surface area contributed by atoms with E-state index in [4.69, 9.17) is 4.98 Å². The molecule has 3 heteroatoms. The van der Waals surface area contributed by atoms with Crippen LogP contribution in [0.1, 0.15) is 11.1 Å². The lowest BCUT2D eigenvalue weighted by Gasteiger charge is -2.17. The van der Waals surface area contributed by atoms with E-state index in [0.29, 0.717) is 0 Å². The first kappa shape index (κ1) is 34.5. The summed E-state index contributed by atoms with van der Waals surface area (Å²) in [7, 11) is 0. The fourth-order valence-electron chi connectivity index (χ4n) is 7.63. The first-order valence-corrected chi connectivity index (χ1v) is 19.1. The van der Waals surface area contributed by atoms with Crippen LogP contribution in [0.5, 0.6) is 0 Å². The zero-order valence-corrected chi connectivity index (χ0v) is 31.0. The van der Waals surface area contributed by atoms with Gasteiger partial charge in [-0.1, -0.05) is 158 Å². The summed E-state index contributed by atoms with van der Waals surface area (Å²) in [6, 6.07) is 64.9. The van der Waals surface area contributed by atoms with Crippen LogP contribution in [-0.4, -0.2) is 15.0 Å². The van der Waals surface area contributed by atoms with Crippen molar-refractivity contribution in [1.82, 2.24) is 15.0 Å². The van der Waals surface area contributed by atoms with Gasteiger partial charge in [0.2, 0.25) is 0 Å². The van der Waals surface area contributed by atoms with Crippen LogP contribution in [-0.2, 0) is 12.8 Å². The number of nitrogens with zero attached hydrogens (tertiary/aromatic N) is 3. The van der Waals surface area contributed by atoms with Crippen molar-refractivity contribution < 1.29 is 0 Å². The van der Waals surface area contributed by atoms with Crippen molar-refractivity contribution in [2.75, 3.05) is 0 Å². The van der Waals surface area contributed by atoms with Crippen LogP contribution in [0, 0.1) is 0 Å². The second-order valence-corrected chi connectivity index (χ2v) is 14.0. The molecule has 0 saturated carbocycles. The fourth-order valence-corrected chi connectivity index (χ4v) is 7.63. The third-order valence-corrected chi connectivity index (χ3v) is 10.5. The van der Waals surface area contributed by atoms with Crippen molar-refractivity contribution in [3.05, 3.63) is 224 Å². The van der Waals surface area contributed by atoms with Crippen LogP contribution < -0.4 is 0 Å². The van der Waals surface area contributed by atoms with Gasteiger partial charge >= 0.3 is 0 Å². The third kappa shape index (κ3) is 7.44. The van der Waals surface area contributed by atoms with Gasteiger partial charge in [-0.25, -0.2) is 0 Å². The molecular formula is C53H39N3. The standard InChI is InChI=1S/C53H39N3/c1-3-13-39(14-4-1)40-25-27-41(28-26-40)52-34-53(42-15-5-2-6-16-42)56-37-45(52)24-23-38-31-46(50-21-9-7-19-48(50)43-17-11-29-54-35-43)33-47(32-38)51-22-10-8-20-49(51)44-18-12-30-55-36-44/h1-22,25-37H,23-24H2. The Morgan fingerprint density at radius 2 is 0.768 bits per heavy atom. The van der Waals surface area contributed by atoms with E-state index in [0.717, 1.165) is 46.4 Å². The summed E-state index contributed by atoms with van der Waals surface area (Å²) in [5.74, 6) is 0. The number of hydrogen-bond donors (Lipinski definition) is 0. The average Bonchev–Trinajstić information content (AvgIpc) is 3.29. The van der Waals surface area contributed by atoms with Gasteiger partial charge in [0, 0.05) is 47.7 Å². The summed E-state index contributed by atoms with van der Waals surface area (Å²) in [5, 5.41) is 0. The quantitative estimate of drug-likeness (QED) is 0.141. The highest BCUT2D eigenvalue weighted by atomic mass is 14.7. The molecule has 0 saturated heterocycles. The molecule has 3 aromatic heterocycles. The molecule has 56 heavy (non-hydrogen) atoms. The van der Waals surface area contributed by atoms with Gasteiger partial charge in [0.05, 0.1) is 5.69 Å². The normalized spacial score (nSPS) is 11.0. The molecule has 0 fully saturated rings. The highest BCUT2D eigenvalue weighted by molar-refractivity contribution is 5.89. The average molecular weight is 718 g/mol. The molecule has 0 aliphatic carbocycles. The Labute approximate surface area is 328 Å². The lowest BCUT2D eigenvalue weighted by molar-refractivity contribution is 0.953. The van der Waals surface area contributed by atoms with Crippen LogP contribution in [0.4, 0.5) is 0 Å². The number of aryl methyl sites for hydroxylation is 2. The van der Waals surface area contributed by atoms with Crippen molar-refractivity contribution in [2.45, 2.75) is 12.8 Å². The minimum absolute atomic E-state index is 0.829. The number of pyridine rings is 3. The van der Waals surface area contributed by atoms with Gasteiger partial charge < -0.3 is 0 Å². The fraction of sp³-hybridized carbons (Fsp3) is 0.0377. The molecule has 6 aromatic carbocycles. The van der Waals surface area contributed by atoms with Gasteiger partial charge in [0.15, 0.2) is 0 Å². The van der Waals surface area contributed by atoms with Crippen molar-refractivity contribution >= 4 is 0 Å². The summed E-state index contributed by atoms with van der Waals surface area (Å²) < 4.78 is 0. The smallest absolute Gasteiger partial charge is 0.0708 e. The van der Waals surface area contributed by atoms with E-state index in [1.54, 1.807) is 0 Å². The monoisotopic (exact) mass is 717 g/mol. The predicted molar refractivity (Wildman–Crippen MR) is 232 cm³/mol. The van der Waals surface area contributed by atoms with Crippen molar-refractivity contribution in [3.63, 3.8) is 0 Å². The van der Waals surface area contributed by atoms with E-state index in [2.05, 4.69) is 180 Å². The van der Waals surface area contributed by atoms with Gasteiger partial charge in [-0.3, -0.25) is 15.0 Å². The molecule has 9 rings (SSSR count). The summed E-state index contributed by atoms with van der Waals surface area (Å²) in [5.41, 5.74) is 18.6. The van der Waals surface area contributed by atoms with Gasteiger partial charge in [-0.15, -0.1) is 0 Å². The predicted octanol–water partition coefficient (Wildman–Crippen LogP) is 13.3. The lowest BCUT2D eigenvalue weighted by atomic mass is 9.88. The second kappa shape index (κ2) is 16.0. The van der Waals surface area contributed by atoms with E-state index in [9.17, 15) is 0 Å². The van der Waals surface area contributed by atoms with Crippen LogP contribution >= 0.6 is 0 Å². The molecule has 0 aliphatic rings. The molecule has 0 unspecified atom stereocenters. The number of rotatable bonds is 10. The first-order valence-electron chi connectivity index (χ1n) is 19.1. The first-order chi connectivity index (χ1) is 27.8. The Morgan fingerprint density at radius 3 is 1.30 bits per heavy atom. The molecule has 0 aliphatic heterocycles. The number of hydrogen-bond acceptors (Lipinski definition) is 3. The lowest BCUT2D eigenvalue weighted by Crippen LogP contribution is -1.99. The SMILES string of the molecule is c1ccc(-c2ccc(-c3cc(-c4ccccc4)ncc3CCc3cc(-c4ccccc4-c4cccnc4)cc(-c4ccccc4-c4cccnc4)c3)cc2)cc1. The van der Waals surface area contributed by atoms with E-state index < -0.39 is 0 Å². The maximum absolute atomic E-state index is 5.02. The molecule has 9 aromatic rings. The van der Waals surface area contributed by atoms with E-state index in [1.807, 2.05) is 43.0 Å². The largest absolute Gasteiger partial charge is 0.264 e. The number of aromatic nitrogens is 3. The molecule has 0 radical (unpaired) electrons. The Hall–Kier alpha value is -7.23. The van der Waals surface area contributed by atoms with Crippen molar-refractivity contribution in [3.8, 4) is 78.0 Å². The van der Waals surface area contributed by atoms with E-state index in [1.165, 1.54) is 55.6 Å². The maximum atomic E-state index is 5.02. The highest BCUT2D eigenvalue weighted by Crippen LogP contribution is 2.39. The zero-order chi connectivity index (χ0) is 37.5. The zero-order valence-electron chi connectivity index (χ0n) is 31.0. The minimum atomic E-state index is 0.829. The van der Waals surface area contributed by atoms with Crippen molar-refractivity contribution in [1.29, 1.82) is 0 Å². The van der Waals surface area contributed by atoms with E-state index in [-0.39, 0.29) is 0 Å². The molecule has 3 nitrogen and oxygen atoms in total. The Balaban J connectivity index is 1.14. The summed E-state index contributed by atoms with van der Waals surface area (Å²) >= 11 is 0.